The Morgan fingerprint density at radius 3 is 2.50 bits per heavy atom. The first-order chi connectivity index (χ1) is 15.3. The van der Waals surface area contributed by atoms with Crippen molar-refractivity contribution >= 4 is 27.6 Å². The molecule has 176 valence electrons. The molecule has 2 N–H and O–H groups in total. The Morgan fingerprint density at radius 1 is 1.09 bits per heavy atom. The minimum absolute atomic E-state index is 0.137. The van der Waals surface area contributed by atoms with Gasteiger partial charge in [0.05, 0.1) is 10.6 Å². The van der Waals surface area contributed by atoms with Crippen LogP contribution in [-0.2, 0) is 21.1 Å². The fourth-order valence-corrected chi connectivity index (χ4v) is 5.35. The molecule has 0 amide bonds. The maximum Gasteiger partial charge on any atom is 0.341 e. The molecule has 8 heteroatoms. The van der Waals surface area contributed by atoms with Crippen molar-refractivity contribution in [3.63, 3.8) is 0 Å². The zero-order valence-electron chi connectivity index (χ0n) is 18.8. The first kappa shape index (κ1) is 26.2. The predicted octanol–water partition coefficient (Wildman–Crippen LogP) is 4.35. The van der Waals surface area contributed by atoms with E-state index in [2.05, 4.69) is 12.2 Å². The lowest BCUT2D eigenvalue weighted by atomic mass is 10.1. The number of aryl methyl sites for hydroxylation is 2. The minimum atomic E-state index is -3.25. The molecule has 0 fully saturated rings. The van der Waals surface area contributed by atoms with Crippen molar-refractivity contribution in [2.24, 2.45) is 0 Å². The summed E-state index contributed by atoms with van der Waals surface area (Å²) in [5, 5.41) is 12.0. The van der Waals surface area contributed by atoms with Crippen LogP contribution < -0.4 is 10.1 Å². The molecule has 0 saturated carbocycles. The molecule has 0 aromatic heterocycles. The second-order valence-electron chi connectivity index (χ2n) is 7.63. The molecule has 0 unspecified atom stereocenters. The predicted molar refractivity (Wildman–Crippen MR) is 130 cm³/mol. The highest BCUT2D eigenvalue weighted by molar-refractivity contribution is 7.99. The number of nitrogens with one attached hydrogen (secondary N) is 1. The first-order valence-corrected chi connectivity index (χ1v) is 13.6. The number of ether oxygens (including phenoxy) is 1. The van der Waals surface area contributed by atoms with E-state index in [1.807, 2.05) is 31.2 Å². The number of sulfone groups is 1. The molecule has 0 aliphatic carbocycles. The third-order valence-corrected chi connectivity index (χ3v) is 7.73. The number of carbonyl (C=O) groups is 1. The van der Waals surface area contributed by atoms with Crippen molar-refractivity contribution in [2.45, 2.75) is 49.3 Å². The van der Waals surface area contributed by atoms with Crippen LogP contribution in [0.1, 0.15) is 37.3 Å². The van der Waals surface area contributed by atoms with Gasteiger partial charge in [-0.3, -0.25) is 0 Å². The van der Waals surface area contributed by atoms with Crippen LogP contribution in [-0.4, -0.2) is 50.7 Å². The second kappa shape index (κ2) is 13.5. The van der Waals surface area contributed by atoms with Crippen molar-refractivity contribution in [1.29, 1.82) is 0 Å². The van der Waals surface area contributed by atoms with E-state index in [1.165, 1.54) is 5.56 Å². The van der Waals surface area contributed by atoms with Gasteiger partial charge in [0.1, 0.15) is 5.75 Å². The van der Waals surface area contributed by atoms with E-state index in [9.17, 15) is 13.2 Å². The number of aliphatic carboxylic acids is 1. The molecule has 0 radical (unpaired) electrons. The molecule has 0 aliphatic heterocycles. The molecule has 2 aromatic carbocycles. The summed E-state index contributed by atoms with van der Waals surface area (Å²) in [5.41, 5.74) is 2.08. The van der Waals surface area contributed by atoms with Crippen LogP contribution in [0, 0.1) is 6.92 Å². The van der Waals surface area contributed by atoms with Crippen LogP contribution in [0.2, 0.25) is 0 Å². The van der Waals surface area contributed by atoms with Crippen LogP contribution >= 0.6 is 11.8 Å². The van der Waals surface area contributed by atoms with Crippen molar-refractivity contribution < 1.29 is 23.1 Å². The number of benzene rings is 2. The monoisotopic (exact) mass is 479 g/mol. The Morgan fingerprint density at radius 2 is 1.84 bits per heavy atom. The topological polar surface area (TPSA) is 92.7 Å². The smallest absolute Gasteiger partial charge is 0.341 e. The van der Waals surface area contributed by atoms with Gasteiger partial charge in [0.25, 0.3) is 0 Å². The Balaban J connectivity index is 1.65. The van der Waals surface area contributed by atoms with Gasteiger partial charge in [0, 0.05) is 17.2 Å². The zero-order valence-corrected chi connectivity index (χ0v) is 20.4. The number of carboxylic acid groups (broad SMARTS) is 1. The van der Waals surface area contributed by atoms with Crippen LogP contribution in [0.25, 0.3) is 0 Å². The van der Waals surface area contributed by atoms with Gasteiger partial charge in [-0.1, -0.05) is 25.5 Å². The largest absolute Gasteiger partial charge is 0.482 e. The fourth-order valence-electron chi connectivity index (χ4n) is 3.13. The average Bonchev–Trinajstić information content (AvgIpc) is 2.76. The summed E-state index contributed by atoms with van der Waals surface area (Å²) in [6.07, 6.45) is 3.80. The number of carboxylic acids is 1. The van der Waals surface area contributed by atoms with Crippen LogP contribution in [0.5, 0.6) is 5.75 Å². The number of hydrogen-bond donors (Lipinski definition) is 2. The van der Waals surface area contributed by atoms with Gasteiger partial charge in [-0.2, -0.15) is 0 Å². The van der Waals surface area contributed by atoms with Crippen molar-refractivity contribution in [3.05, 3.63) is 53.6 Å². The summed E-state index contributed by atoms with van der Waals surface area (Å²) in [4.78, 5) is 12.1. The first-order valence-electron chi connectivity index (χ1n) is 10.9. The second-order valence-corrected chi connectivity index (χ2v) is 10.9. The van der Waals surface area contributed by atoms with Gasteiger partial charge >= 0.3 is 5.97 Å². The van der Waals surface area contributed by atoms with E-state index in [0.29, 0.717) is 23.6 Å². The minimum Gasteiger partial charge on any atom is -0.482 e. The number of rotatable bonds is 15. The number of unbranched alkanes of at least 4 members (excludes halogenated alkanes) is 1. The Bertz CT molecular complexity index is 959. The van der Waals surface area contributed by atoms with Crippen LogP contribution in [0.4, 0.5) is 0 Å². The van der Waals surface area contributed by atoms with E-state index >= 15 is 0 Å². The lowest BCUT2D eigenvalue weighted by Gasteiger charge is -2.09. The molecule has 6 nitrogen and oxygen atoms in total. The molecule has 2 rings (SSSR count). The SMILES string of the molecule is CCCCc1ccc(S(=O)(=O)CCCNCCSc2ccc(OCC(=O)O)c(C)c2)cc1. The Hall–Kier alpha value is -2.03. The molecule has 32 heavy (non-hydrogen) atoms. The molecule has 0 bridgehead atoms. The van der Waals surface area contributed by atoms with Gasteiger partial charge in [0.15, 0.2) is 16.4 Å². The molecule has 0 heterocycles. The van der Waals surface area contributed by atoms with Crippen LogP contribution in [0.3, 0.4) is 0 Å². The molecule has 0 spiro atoms. The van der Waals surface area contributed by atoms with Gasteiger partial charge in [-0.25, -0.2) is 13.2 Å². The summed E-state index contributed by atoms with van der Waals surface area (Å²) < 4.78 is 30.2. The summed E-state index contributed by atoms with van der Waals surface area (Å²) in [6, 6.07) is 13.0. The summed E-state index contributed by atoms with van der Waals surface area (Å²) in [5.74, 6) is 0.563. The van der Waals surface area contributed by atoms with E-state index in [0.717, 1.165) is 42.0 Å². The standard InChI is InChI=1S/C24H33NO5S2/c1-3-4-6-20-7-10-22(11-8-20)32(28,29)16-5-13-25-14-15-31-21-9-12-23(19(2)17-21)30-18-24(26)27/h7-12,17,25H,3-6,13-16,18H2,1-2H3,(H,26,27). The summed E-state index contributed by atoms with van der Waals surface area (Å²) in [6.45, 7) is 5.10. The number of hydrogen-bond acceptors (Lipinski definition) is 6. The van der Waals surface area contributed by atoms with Gasteiger partial charge in [-0.15, -0.1) is 11.8 Å². The molecular formula is C24H33NO5S2. The molecule has 0 aliphatic rings. The fraction of sp³-hybridized carbons (Fsp3) is 0.458. The van der Waals surface area contributed by atoms with Crippen molar-refractivity contribution in [3.8, 4) is 5.75 Å². The maximum atomic E-state index is 12.5. The quantitative estimate of drug-likeness (QED) is 0.290. The normalized spacial score (nSPS) is 11.4. The third-order valence-electron chi connectivity index (χ3n) is 4.91. The summed E-state index contributed by atoms with van der Waals surface area (Å²) in [7, 11) is -3.25. The number of thioether (sulfide) groups is 1. The molecule has 0 atom stereocenters. The van der Waals surface area contributed by atoms with E-state index in [1.54, 1.807) is 30.0 Å². The highest BCUT2D eigenvalue weighted by atomic mass is 32.2. The summed E-state index contributed by atoms with van der Waals surface area (Å²) >= 11 is 1.68. The molecule has 0 saturated heterocycles. The average molecular weight is 480 g/mol. The van der Waals surface area contributed by atoms with Crippen LogP contribution in [0.15, 0.2) is 52.3 Å². The zero-order chi connectivity index (χ0) is 23.4. The lowest BCUT2D eigenvalue weighted by molar-refractivity contribution is -0.139. The third kappa shape index (κ3) is 9.22. The highest BCUT2D eigenvalue weighted by Crippen LogP contribution is 2.25. The molecule has 2 aromatic rings. The molecular weight excluding hydrogens is 446 g/mol. The Kier molecular flexibility index (Phi) is 11.1. The highest BCUT2D eigenvalue weighted by Gasteiger charge is 2.13. The maximum absolute atomic E-state index is 12.5. The van der Waals surface area contributed by atoms with Gasteiger partial charge < -0.3 is 15.2 Å². The van der Waals surface area contributed by atoms with Crippen molar-refractivity contribution in [1.82, 2.24) is 5.32 Å². The lowest BCUT2D eigenvalue weighted by Crippen LogP contribution is -2.21. The van der Waals surface area contributed by atoms with E-state index in [-0.39, 0.29) is 12.4 Å². The van der Waals surface area contributed by atoms with Gasteiger partial charge in [0.2, 0.25) is 0 Å². The van der Waals surface area contributed by atoms with Crippen molar-refractivity contribution in [2.75, 3.05) is 31.2 Å². The Labute approximate surface area is 195 Å². The van der Waals surface area contributed by atoms with E-state index in [4.69, 9.17) is 9.84 Å². The van der Waals surface area contributed by atoms with Gasteiger partial charge in [-0.05, 0) is 74.2 Å². The van der Waals surface area contributed by atoms with E-state index < -0.39 is 15.8 Å².